The van der Waals surface area contributed by atoms with Gasteiger partial charge in [0.1, 0.15) is 0 Å². The highest BCUT2D eigenvalue weighted by atomic mass is 35.5. The molecule has 0 aliphatic heterocycles. The van der Waals surface area contributed by atoms with Gasteiger partial charge in [0.15, 0.2) is 0 Å². The normalized spacial score (nSPS) is 14.9. The van der Waals surface area contributed by atoms with E-state index in [9.17, 15) is 9.59 Å². The molecule has 1 fully saturated rings. The average molecular weight is 801 g/mol. The van der Waals surface area contributed by atoms with Crippen molar-refractivity contribution in [3.63, 3.8) is 0 Å². The Kier molecular flexibility index (Phi) is 36.6. The van der Waals surface area contributed by atoms with Gasteiger partial charge in [0.25, 0.3) is 0 Å². The van der Waals surface area contributed by atoms with Crippen LogP contribution in [0.4, 0.5) is 0 Å². The molecule has 0 saturated heterocycles. The van der Waals surface area contributed by atoms with Crippen LogP contribution in [0.1, 0.15) is 214 Å². The Hall–Kier alpha value is -0.890. The number of esters is 2. The molecule has 7 nitrogen and oxygen atoms in total. The summed E-state index contributed by atoms with van der Waals surface area (Å²) >= 11 is 6.20. The molecule has 326 valence electrons. The van der Waals surface area contributed by atoms with Crippen LogP contribution in [0.3, 0.4) is 0 Å². The van der Waals surface area contributed by atoms with Crippen LogP contribution >= 0.6 is 11.6 Å². The number of hydrogen-bond acceptors (Lipinski definition) is 7. The third-order valence-electron chi connectivity index (χ3n) is 11.6. The topological polar surface area (TPSA) is 74.3 Å². The van der Waals surface area contributed by atoms with Crippen molar-refractivity contribution in [1.29, 1.82) is 0 Å². The first-order valence-electron chi connectivity index (χ1n) is 23.8. The summed E-state index contributed by atoms with van der Waals surface area (Å²) in [4.78, 5) is 28.0. The number of halogens is 1. The third kappa shape index (κ3) is 30.8. The minimum Gasteiger partial charge on any atom is -0.465 e. The highest BCUT2D eigenvalue weighted by Gasteiger charge is 2.27. The number of ether oxygens (including phenoxy) is 4. The molecule has 0 aromatic heterocycles. The molecule has 1 rings (SSSR count). The number of alkyl halides is 1. The Morgan fingerprint density at radius 2 is 1.00 bits per heavy atom. The lowest BCUT2D eigenvalue weighted by Gasteiger charge is -2.39. The SMILES string of the molecule is CCCCCCCCCC(CCCCC)COC(=O)CCOCC(CN(CCCl)C1CCC1)OCCC(=O)OCC(CCCCCC)CCCCCCCC. The molecule has 1 saturated carbocycles. The van der Waals surface area contributed by atoms with Gasteiger partial charge in [-0.15, -0.1) is 11.6 Å². The molecule has 0 bridgehead atoms. The summed E-state index contributed by atoms with van der Waals surface area (Å²) in [6.07, 6.45) is 34.0. The van der Waals surface area contributed by atoms with Crippen LogP contribution in [0.2, 0.25) is 0 Å². The van der Waals surface area contributed by atoms with Crippen LogP contribution in [0.5, 0.6) is 0 Å². The van der Waals surface area contributed by atoms with Gasteiger partial charge in [0, 0.05) is 25.0 Å². The van der Waals surface area contributed by atoms with Gasteiger partial charge in [-0.3, -0.25) is 14.5 Å². The molecule has 55 heavy (non-hydrogen) atoms. The largest absolute Gasteiger partial charge is 0.465 e. The highest BCUT2D eigenvalue weighted by molar-refractivity contribution is 6.18. The lowest BCUT2D eigenvalue weighted by molar-refractivity contribution is -0.149. The maximum Gasteiger partial charge on any atom is 0.308 e. The van der Waals surface area contributed by atoms with Gasteiger partial charge in [-0.05, 0) is 50.4 Å². The number of hydrogen-bond donors (Lipinski definition) is 0. The molecule has 1 aliphatic carbocycles. The molecule has 3 unspecified atom stereocenters. The summed E-state index contributed by atoms with van der Waals surface area (Å²) in [7, 11) is 0. The fraction of sp³-hybridized carbons (Fsp3) is 0.957. The Labute approximate surface area is 345 Å². The predicted octanol–water partition coefficient (Wildman–Crippen LogP) is 13.0. The van der Waals surface area contributed by atoms with E-state index < -0.39 is 0 Å². The van der Waals surface area contributed by atoms with Gasteiger partial charge in [-0.2, -0.15) is 0 Å². The van der Waals surface area contributed by atoms with Crippen LogP contribution in [-0.4, -0.2) is 81.0 Å². The van der Waals surface area contributed by atoms with Crippen LogP contribution in [0.15, 0.2) is 0 Å². The fourth-order valence-electron chi connectivity index (χ4n) is 7.71. The first kappa shape index (κ1) is 52.1. The van der Waals surface area contributed by atoms with Crippen LogP contribution in [0, 0.1) is 11.8 Å². The summed E-state index contributed by atoms with van der Waals surface area (Å²) < 4.78 is 24.0. The van der Waals surface area contributed by atoms with E-state index in [0.717, 1.165) is 32.2 Å². The van der Waals surface area contributed by atoms with Crippen LogP contribution in [-0.2, 0) is 28.5 Å². The first-order valence-corrected chi connectivity index (χ1v) is 24.3. The third-order valence-corrected chi connectivity index (χ3v) is 11.8. The van der Waals surface area contributed by atoms with E-state index in [1.165, 1.54) is 148 Å². The molecular formula is C47H90ClNO6. The summed E-state index contributed by atoms with van der Waals surface area (Å²) in [5.74, 6) is 1.11. The van der Waals surface area contributed by atoms with E-state index in [1.54, 1.807) is 0 Å². The van der Waals surface area contributed by atoms with Gasteiger partial charge in [0.05, 0.1) is 52.0 Å². The second-order valence-electron chi connectivity index (χ2n) is 16.7. The summed E-state index contributed by atoms with van der Waals surface area (Å²) in [5, 5.41) is 0. The number of carbonyl (C=O) groups excluding carboxylic acids is 2. The van der Waals surface area contributed by atoms with Crippen molar-refractivity contribution in [2.45, 2.75) is 226 Å². The van der Waals surface area contributed by atoms with Gasteiger partial charge in [-0.1, -0.05) is 163 Å². The van der Waals surface area contributed by atoms with Crippen molar-refractivity contribution in [3.8, 4) is 0 Å². The molecule has 8 heteroatoms. The van der Waals surface area contributed by atoms with Gasteiger partial charge >= 0.3 is 11.9 Å². The van der Waals surface area contributed by atoms with Crippen molar-refractivity contribution in [3.05, 3.63) is 0 Å². The van der Waals surface area contributed by atoms with Gasteiger partial charge in [-0.25, -0.2) is 0 Å². The van der Waals surface area contributed by atoms with E-state index in [1.807, 2.05) is 0 Å². The Morgan fingerprint density at radius 1 is 0.582 bits per heavy atom. The summed E-state index contributed by atoms with van der Waals surface area (Å²) in [6.45, 7) is 12.5. The second-order valence-corrected chi connectivity index (χ2v) is 17.1. The van der Waals surface area contributed by atoms with E-state index in [0.29, 0.717) is 63.3 Å². The zero-order valence-corrected chi connectivity index (χ0v) is 37.5. The molecule has 0 heterocycles. The summed E-state index contributed by atoms with van der Waals surface area (Å²) in [6, 6.07) is 0.525. The molecule has 1 aliphatic rings. The lowest BCUT2D eigenvalue weighted by atomic mass is 9.91. The molecule has 0 amide bonds. The molecule has 0 N–H and O–H groups in total. The number of rotatable bonds is 42. The van der Waals surface area contributed by atoms with E-state index >= 15 is 0 Å². The minimum atomic E-state index is -0.212. The van der Waals surface area contributed by atoms with Crippen molar-refractivity contribution in [1.82, 2.24) is 4.90 Å². The average Bonchev–Trinajstić information content (AvgIpc) is 3.15. The summed E-state index contributed by atoms with van der Waals surface area (Å²) in [5.41, 5.74) is 0. The van der Waals surface area contributed by atoms with Gasteiger partial charge in [0.2, 0.25) is 0 Å². The zero-order valence-electron chi connectivity index (χ0n) is 36.7. The quantitative estimate of drug-likeness (QED) is 0.0346. The number of unbranched alkanes of at least 4 members (excludes halogenated alkanes) is 16. The van der Waals surface area contributed by atoms with E-state index in [4.69, 9.17) is 30.5 Å². The maximum absolute atomic E-state index is 12.9. The number of nitrogens with zero attached hydrogens (tertiary/aromatic N) is 1. The van der Waals surface area contributed by atoms with E-state index in [2.05, 4.69) is 32.6 Å². The molecule has 0 aromatic rings. The lowest BCUT2D eigenvalue weighted by Crippen LogP contribution is -2.47. The zero-order chi connectivity index (χ0) is 40.0. The van der Waals surface area contributed by atoms with Crippen molar-refractivity contribution in [2.75, 3.05) is 52.0 Å². The minimum absolute atomic E-state index is 0.180. The predicted molar refractivity (Wildman–Crippen MR) is 232 cm³/mol. The molecule has 3 atom stereocenters. The standard InChI is InChI=1S/C47H90ClNO6/c1-5-9-13-16-18-20-24-28-42(26-21-12-8-4)39-54-46(50)32-36-52-41-45(38-49(35-34-48)44-30-25-31-44)53-37-33-47(51)55-40-43(27-22-15-11-7-3)29-23-19-17-14-10-6-2/h42-45H,5-41H2,1-4H3. The Bertz CT molecular complexity index is 857. The Balaban J connectivity index is 2.54. The van der Waals surface area contributed by atoms with Crippen LogP contribution in [0.25, 0.3) is 0 Å². The smallest absolute Gasteiger partial charge is 0.308 e. The molecular weight excluding hydrogens is 710 g/mol. The second kappa shape index (κ2) is 38.6. The molecule has 0 aromatic carbocycles. The molecule has 0 radical (unpaired) electrons. The van der Waals surface area contributed by atoms with Crippen molar-refractivity contribution < 1.29 is 28.5 Å². The number of carbonyl (C=O) groups is 2. The highest BCUT2D eigenvalue weighted by Crippen LogP contribution is 2.26. The van der Waals surface area contributed by atoms with Gasteiger partial charge < -0.3 is 18.9 Å². The Morgan fingerprint density at radius 3 is 1.45 bits per heavy atom. The first-order chi connectivity index (χ1) is 27.0. The van der Waals surface area contributed by atoms with Crippen molar-refractivity contribution in [2.24, 2.45) is 11.8 Å². The maximum atomic E-state index is 12.9. The molecule has 0 spiro atoms. The van der Waals surface area contributed by atoms with Crippen LogP contribution < -0.4 is 0 Å². The fourth-order valence-corrected chi connectivity index (χ4v) is 7.93. The van der Waals surface area contributed by atoms with E-state index in [-0.39, 0.29) is 30.9 Å². The van der Waals surface area contributed by atoms with Crippen molar-refractivity contribution >= 4 is 23.5 Å². The monoisotopic (exact) mass is 800 g/mol.